The van der Waals surface area contributed by atoms with Gasteiger partial charge in [0.2, 0.25) is 11.8 Å². The molecule has 1 aromatic rings. The first kappa shape index (κ1) is 20.9. The Morgan fingerprint density at radius 1 is 1.00 bits per heavy atom. The number of rotatable bonds is 6. The summed E-state index contributed by atoms with van der Waals surface area (Å²) in [4.78, 5) is 34.9. The average Bonchev–Trinajstić information content (AvgIpc) is 2.59. The second-order valence-corrected chi connectivity index (χ2v) is 6.53. The van der Waals surface area contributed by atoms with Gasteiger partial charge in [0, 0.05) is 20.8 Å². The molecule has 2 amide bonds. The highest BCUT2D eigenvalue weighted by atomic mass is 16.7. The zero-order valence-electron chi connectivity index (χ0n) is 15.9. The third-order valence-electron chi connectivity index (χ3n) is 4.15. The lowest BCUT2D eigenvalue weighted by molar-refractivity contribution is -0.245. The number of amides is 2. The molecule has 1 aromatic carbocycles. The largest absolute Gasteiger partial charge is 0.458 e. The van der Waals surface area contributed by atoms with Gasteiger partial charge in [-0.1, -0.05) is 30.3 Å². The summed E-state index contributed by atoms with van der Waals surface area (Å²) < 4.78 is 17.2. The average molecular weight is 378 g/mol. The summed E-state index contributed by atoms with van der Waals surface area (Å²) in [6.45, 7) is 6.00. The number of hydrogen-bond acceptors (Lipinski definition) is 6. The van der Waals surface area contributed by atoms with Crippen molar-refractivity contribution in [3.63, 3.8) is 0 Å². The minimum atomic E-state index is -0.849. The zero-order chi connectivity index (χ0) is 20.0. The Kier molecular flexibility index (Phi) is 7.32. The molecule has 0 spiro atoms. The lowest BCUT2D eigenvalue weighted by Crippen LogP contribution is -2.68. The Hall–Kier alpha value is -2.45. The van der Waals surface area contributed by atoms with Gasteiger partial charge >= 0.3 is 5.97 Å². The first-order valence-corrected chi connectivity index (χ1v) is 8.80. The van der Waals surface area contributed by atoms with Crippen LogP contribution in [0, 0.1) is 0 Å². The number of carbonyl (C=O) groups is 3. The molecule has 5 atom stereocenters. The van der Waals surface area contributed by atoms with Crippen molar-refractivity contribution in [2.45, 2.75) is 64.9 Å². The molecule has 0 unspecified atom stereocenters. The van der Waals surface area contributed by atoms with Crippen molar-refractivity contribution in [1.29, 1.82) is 0 Å². The molecule has 8 heteroatoms. The van der Waals surface area contributed by atoms with Gasteiger partial charge in [-0.15, -0.1) is 0 Å². The summed E-state index contributed by atoms with van der Waals surface area (Å²) in [7, 11) is 0. The van der Waals surface area contributed by atoms with Gasteiger partial charge in [0.25, 0.3) is 0 Å². The van der Waals surface area contributed by atoms with Crippen LogP contribution in [0.3, 0.4) is 0 Å². The van der Waals surface area contributed by atoms with E-state index < -0.39 is 36.6 Å². The summed E-state index contributed by atoms with van der Waals surface area (Å²) in [5.41, 5.74) is 0.934. The van der Waals surface area contributed by atoms with E-state index in [-0.39, 0.29) is 18.4 Å². The van der Waals surface area contributed by atoms with Gasteiger partial charge in [0.05, 0.1) is 18.8 Å². The first-order chi connectivity index (χ1) is 12.8. The number of ether oxygens (including phenoxy) is 3. The smallest absolute Gasteiger partial charge is 0.303 e. The van der Waals surface area contributed by atoms with Crippen LogP contribution in [0.2, 0.25) is 0 Å². The van der Waals surface area contributed by atoms with Crippen LogP contribution in [0.5, 0.6) is 0 Å². The second kappa shape index (κ2) is 9.48. The van der Waals surface area contributed by atoms with Crippen molar-refractivity contribution in [3.05, 3.63) is 35.9 Å². The zero-order valence-corrected chi connectivity index (χ0v) is 15.9. The summed E-state index contributed by atoms with van der Waals surface area (Å²) in [6.07, 6.45) is -2.18. The molecule has 1 heterocycles. The van der Waals surface area contributed by atoms with Crippen molar-refractivity contribution >= 4 is 17.8 Å². The Morgan fingerprint density at radius 2 is 1.59 bits per heavy atom. The van der Waals surface area contributed by atoms with E-state index in [4.69, 9.17) is 14.2 Å². The molecule has 0 bridgehead atoms. The van der Waals surface area contributed by atoms with Crippen LogP contribution in [0.15, 0.2) is 30.3 Å². The minimum Gasteiger partial charge on any atom is -0.458 e. The van der Waals surface area contributed by atoms with E-state index in [0.717, 1.165) is 5.56 Å². The normalized spacial score (nSPS) is 27.5. The molecular weight excluding hydrogens is 352 g/mol. The van der Waals surface area contributed by atoms with Gasteiger partial charge in [-0.2, -0.15) is 0 Å². The number of hydrogen-bond donors (Lipinski definition) is 2. The van der Waals surface area contributed by atoms with E-state index in [1.54, 1.807) is 6.92 Å². The molecule has 148 valence electrons. The fraction of sp³-hybridized carbons (Fsp3) is 0.526. The van der Waals surface area contributed by atoms with Crippen molar-refractivity contribution in [1.82, 2.24) is 10.6 Å². The van der Waals surface area contributed by atoms with E-state index in [2.05, 4.69) is 10.6 Å². The first-order valence-electron chi connectivity index (χ1n) is 8.80. The predicted octanol–water partition coefficient (Wildman–Crippen LogP) is 0.889. The third-order valence-corrected chi connectivity index (χ3v) is 4.15. The van der Waals surface area contributed by atoms with Crippen molar-refractivity contribution in [2.24, 2.45) is 0 Å². The molecule has 0 saturated carbocycles. The van der Waals surface area contributed by atoms with Crippen LogP contribution in [-0.4, -0.2) is 48.4 Å². The molecule has 27 heavy (non-hydrogen) atoms. The fourth-order valence-corrected chi connectivity index (χ4v) is 3.08. The monoisotopic (exact) mass is 378 g/mol. The second-order valence-electron chi connectivity index (χ2n) is 6.53. The molecule has 1 aliphatic heterocycles. The molecule has 0 aromatic heterocycles. The topological polar surface area (TPSA) is 103 Å². The maximum atomic E-state index is 11.7. The Morgan fingerprint density at radius 3 is 2.15 bits per heavy atom. The number of esters is 1. The van der Waals surface area contributed by atoms with Crippen LogP contribution in [0.1, 0.15) is 33.3 Å². The maximum absolute atomic E-state index is 11.7. The molecule has 1 saturated heterocycles. The lowest BCUT2D eigenvalue weighted by Gasteiger charge is -2.45. The molecule has 0 aliphatic carbocycles. The van der Waals surface area contributed by atoms with E-state index in [1.807, 2.05) is 30.3 Å². The molecule has 8 nitrogen and oxygen atoms in total. The van der Waals surface area contributed by atoms with Crippen molar-refractivity contribution < 1.29 is 28.6 Å². The highest BCUT2D eigenvalue weighted by Crippen LogP contribution is 2.25. The quantitative estimate of drug-likeness (QED) is 0.713. The molecule has 1 fully saturated rings. The highest BCUT2D eigenvalue weighted by molar-refractivity contribution is 5.74. The van der Waals surface area contributed by atoms with Gasteiger partial charge < -0.3 is 24.8 Å². The SMILES string of the molecule is CC(=O)N[C@@H]1[C@H](OC(C)=O)[C@@H](NC(C)=O)[C@H](OCc2ccccc2)O[C@H]1C. The molecule has 1 aliphatic rings. The predicted molar refractivity (Wildman–Crippen MR) is 96.3 cm³/mol. The Bertz CT molecular complexity index is 665. The number of nitrogens with one attached hydrogen (secondary N) is 2. The third kappa shape index (κ3) is 6.04. The highest BCUT2D eigenvalue weighted by Gasteiger charge is 2.47. The summed E-state index contributed by atoms with van der Waals surface area (Å²) >= 11 is 0. The van der Waals surface area contributed by atoms with Crippen LogP contribution >= 0.6 is 0 Å². The molecule has 2 rings (SSSR count). The lowest BCUT2D eigenvalue weighted by atomic mass is 9.94. The molecular formula is C19H26N2O6. The standard InChI is InChI=1S/C19H26N2O6/c1-11-16(20-12(2)22)18(27-14(4)24)17(21-13(3)23)19(26-11)25-10-15-8-6-5-7-9-15/h5-9,11,16-19H,10H2,1-4H3,(H,20,22)(H,21,23)/t11-,16-,17+,18-,19+/m0/s1. The Balaban J connectivity index is 2.24. The summed E-state index contributed by atoms with van der Waals surface area (Å²) in [5.74, 6) is -1.15. The Labute approximate surface area is 158 Å². The van der Waals surface area contributed by atoms with Crippen LogP contribution < -0.4 is 10.6 Å². The number of carbonyl (C=O) groups excluding carboxylic acids is 3. The van der Waals surface area contributed by atoms with Gasteiger partial charge in [0.15, 0.2) is 6.29 Å². The summed E-state index contributed by atoms with van der Waals surface area (Å²) in [5, 5.41) is 5.47. The van der Waals surface area contributed by atoms with Crippen LogP contribution in [0.25, 0.3) is 0 Å². The number of benzene rings is 1. The van der Waals surface area contributed by atoms with E-state index in [1.165, 1.54) is 20.8 Å². The van der Waals surface area contributed by atoms with E-state index in [0.29, 0.717) is 0 Å². The van der Waals surface area contributed by atoms with E-state index >= 15 is 0 Å². The molecule has 2 N–H and O–H groups in total. The van der Waals surface area contributed by atoms with Gasteiger partial charge in [-0.25, -0.2) is 0 Å². The van der Waals surface area contributed by atoms with Crippen LogP contribution in [-0.2, 0) is 35.2 Å². The fourth-order valence-electron chi connectivity index (χ4n) is 3.08. The van der Waals surface area contributed by atoms with Crippen LogP contribution in [0.4, 0.5) is 0 Å². The van der Waals surface area contributed by atoms with E-state index in [9.17, 15) is 14.4 Å². The van der Waals surface area contributed by atoms with Gasteiger partial charge in [-0.3, -0.25) is 14.4 Å². The van der Waals surface area contributed by atoms with Crippen molar-refractivity contribution in [2.75, 3.05) is 0 Å². The summed E-state index contributed by atoms with van der Waals surface area (Å²) in [6, 6.07) is 8.10. The van der Waals surface area contributed by atoms with Crippen molar-refractivity contribution in [3.8, 4) is 0 Å². The molecule has 0 radical (unpaired) electrons. The minimum absolute atomic E-state index is 0.256. The van der Waals surface area contributed by atoms with Gasteiger partial charge in [-0.05, 0) is 12.5 Å². The van der Waals surface area contributed by atoms with Gasteiger partial charge in [0.1, 0.15) is 12.1 Å². The maximum Gasteiger partial charge on any atom is 0.303 e.